The standard InChI is InChI=1S/C23H21F3NO2PS/c1-16-7-11-18(12-8-16)30(31,19-13-9-17(2)10-14-19)22(15-27(28)29)20-5-3-4-6-21(20)23(24,25)26/h3-14,22H,15H2,1-2H3/t22-/m0/s1. The van der Waals surface area contributed by atoms with Crippen LogP contribution in [0.4, 0.5) is 13.2 Å². The zero-order chi connectivity index (χ0) is 22.8. The molecule has 0 heterocycles. The molecule has 0 aliphatic rings. The maximum absolute atomic E-state index is 13.9. The first-order chi connectivity index (χ1) is 14.5. The number of alkyl halides is 3. The van der Waals surface area contributed by atoms with Gasteiger partial charge < -0.3 is 0 Å². The molecule has 0 aliphatic carbocycles. The van der Waals surface area contributed by atoms with Crippen LogP contribution in [0.25, 0.3) is 0 Å². The third-order valence-corrected chi connectivity index (χ3v) is 10.7. The number of hydrogen-bond donors (Lipinski definition) is 0. The largest absolute Gasteiger partial charge is 0.416 e. The predicted octanol–water partition coefficient (Wildman–Crippen LogP) is 5.77. The molecule has 0 aromatic heterocycles. The fraction of sp³-hybridized carbons (Fsp3) is 0.217. The number of hydrogen-bond acceptors (Lipinski definition) is 3. The van der Waals surface area contributed by atoms with Crippen LogP contribution in [-0.4, -0.2) is 11.5 Å². The van der Waals surface area contributed by atoms with E-state index < -0.39 is 34.9 Å². The van der Waals surface area contributed by atoms with Gasteiger partial charge in [-0.15, -0.1) is 0 Å². The second-order valence-corrected chi connectivity index (χ2v) is 12.1. The molecule has 8 heteroatoms. The molecule has 0 spiro atoms. The van der Waals surface area contributed by atoms with Crippen molar-refractivity contribution in [1.82, 2.24) is 0 Å². The number of nitro groups is 1. The van der Waals surface area contributed by atoms with E-state index in [0.29, 0.717) is 10.6 Å². The maximum Gasteiger partial charge on any atom is 0.416 e. The Kier molecular flexibility index (Phi) is 6.68. The molecular formula is C23H21F3NO2PS. The summed E-state index contributed by atoms with van der Waals surface area (Å²) in [4.78, 5) is 11.1. The highest BCUT2D eigenvalue weighted by Gasteiger charge is 2.42. The smallest absolute Gasteiger partial charge is 0.265 e. The molecular weight excluding hydrogens is 442 g/mol. The Morgan fingerprint density at radius 3 is 1.77 bits per heavy atom. The van der Waals surface area contributed by atoms with E-state index in [1.54, 1.807) is 24.3 Å². The highest BCUT2D eigenvalue weighted by molar-refractivity contribution is 8.22. The molecule has 0 radical (unpaired) electrons. The van der Waals surface area contributed by atoms with Crippen molar-refractivity contribution in [1.29, 1.82) is 0 Å². The molecule has 0 bridgehead atoms. The third kappa shape index (κ3) is 4.89. The summed E-state index contributed by atoms with van der Waals surface area (Å²) in [5.41, 5.74) is -0.182. The first-order valence-corrected chi connectivity index (χ1v) is 12.4. The minimum Gasteiger partial charge on any atom is -0.265 e. The summed E-state index contributed by atoms with van der Waals surface area (Å²) in [6.07, 6.45) is -4.65. The predicted molar refractivity (Wildman–Crippen MR) is 122 cm³/mol. The van der Waals surface area contributed by atoms with E-state index in [4.69, 9.17) is 11.8 Å². The Labute approximate surface area is 184 Å². The summed E-state index contributed by atoms with van der Waals surface area (Å²) in [7, 11) is 0. The lowest BCUT2D eigenvalue weighted by atomic mass is 10.0. The minimum atomic E-state index is -4.65. The summed E-state index contributed by atoms with van der Waals surface area (Å²) >= 11 is 6.17. The van der Waals surface area contributed by atoms with Crippen LogP contribution in [0.15, 0.2) is 72.8 Å². The SMILES string of the molecule is Cc1ccc(P(=S)(c2ccc(C)cc2)[C@@H](C[N+](=O)[O-])c2ccccc2C(F)(F)F)cc1. The Morgan fingerprint density at radius 1 is 0.903 bits per heavy atom. The van der Waals surface area contributed by atoms with Gasteiger partial charge in [-0.2, -0.15) is 13.2 Å². The molecule has 0 saturated carbocycles. The van der Waals surface area contributed by atoms with Gasteiger partial charge in [0.15, 0.2) is 0 Å². The van der Waals surface area contributed by atoms with Crippen LogP contribution in [0.2, 0.25) is 0 Å². The Morgan fingerprint density at radius 2 is 1.35 bits per heavy atom. The lowest BCUT2D eigenvalue weighted by Crippen LogP contribution is -2.27. The number of nitrogens with zero attached hydrogens (tertiary/aromatic N) is 1. The molecule has 31 heavy (non-hydrogen) atoms. The lowest BCUT2D eigenvalue weighted by Gasteiger charge is -2.32. The van der Waals surface area contributed by atoms with Crippen molar-refractivity contribution in [2.24, 2.45) is 0 Å². The first kappa shape index (κ1) is 23.2. The van der Waals surface area contributed by atoms with Crippen molar-refractivity contribution in [3.8, 4) is 0 Å². The number of benzene rings is 3. The topological polar surface area (TPSA) is 43.1 Å². The molecule has 0 saturated heterocycles. The van der Waals surface area contributed by atoms with Gasteiger partial charge in [-0.3, -0.25) is 10.1 Å². The lowest BCUT2D eigenvalue weighted by molar-refractivity contribution is -0.480. The van der Waals surface area contributed by atoms with Crippen molar-refractivity contribution in [3.05, 3.63) is 105 Å². The van der Waals surface area contributed by atoms with Crippen LogP contribution in [0, 0.1) is 24.0 Å². The maximum atomic E-state index is 13.9. The number of halogens is 3. The van der Waals surface area contributed by atoms with Crippen molar-refractivity contribution in [3.63, 3.8) is 0 Å². The zero-order valence-electron chi connectivity index (χ0n) is 17.0. The van der Waals surface area contributed by atoms with Crippen LogP contribution >= 0.6 is 6.04 Å². The third-order valence-electron chi connectivity index (χ3n) is 5.22. The fourth-order valence-corrected chi connectivity index (χ4v) is 8.09. The van der Waals surface area contributed by atoms with Gasteiger partial charge in [-0.1, -0.05) is 89.7 Å². The van der Waals surface area contributed by atoms with Crippen molar-refractivity contribution >= 4 is 28.5 Å². The van der Waals surface area contributed by atoms with Crippen LogP contribution in [-0.2, 0) is 18.0 Å². The summed E-state index contributed by atoms with van der Waals surface area (Å²) < 4.78 is 41.6. The second-order valence-electron chi connectivity index (χ2n) is 7.45. The van der Waals surface area contributed by atoms with Crippen LogP contribution in [0.3, 0.4) is 0 Å². The van der Waals surface area contributed by atoms with Crippen molar-refractivity contribution in [2.45, 2.75) is 25.7 Å². The van der Waals surface area contributed by atoms with Gasteiger partial charge in [0, 0.05) is 11.0 Å². The van der Waals surface area contributed by atoms with Gasteiger partial charge in [0.1, 0.15) is 0 Å². The van der Waals surface area contributed by atoms with Gasteiger partial charge in [0.2, 0.25) is 6.54 Å². The molecule has 3 nitrogen and oxygen atoms in total. The van der Waals surface area contributed by atoms with Crippen molar-refractivity contribution < 1.29 is 18.1 Å². The quantitative estimate of drug-likeness (QED) is 0.265. The van der Waals surface area contributed by atoms with E-state index in [9.17, 15) is 23.3 Å². The molecule has 0 N–H and O–H groups in total. The van der Waals surface area contributed by atoms with E-state index in [2.05, 4.69) is 0 Å². The van der Waals surface area contributed by atoms with Crippen LogP contribution in [0.1, 0.15) is 27.9 Å². The van der Waals surface area contributed by atoms with Crippen LogP contribution < -0.4 is 10.6 Å². The number of rotatable bonds is 6. The molecule has 3 aromatic carbocycles. The fourth-order valence-electron chi connectivity index (χ4n) is 3.64. The average Bonchev–Trinajstić information content (AvgIpc) is 2.72. The molecule has 0 unspecified atom stereocenters. The summed E-state index contributed by atoms with van der Waals surface area (Å²) in [6, 6.07) is 16.5. The monoisotopic (exact) mass is 463 g/mol. The molecule has 3 rings (SSSR count). The van der Waals surface area contributed by atoms with E-state index in [0.717, 1.165) is 17.2 Å². The van der Waals surface area contributed by atoms with Gasteiger partial charge in [-0.25, -0.2) is 0 Å². The number of aryl methyl sites for hydroxylation is 2. The molecule has 0 fully saturated rings. The van der Waals surface area contributed by atoms with E-state index >= 15 is 0 Å². The van der Waals surface area contributed by atoms with Crippen LogP contribution in [0.5, 0.6) is 0 Å². The van der Waals surface area contributed by atoms with Gasteiger partial charge in [0.25, 0.3) is 0 Å². The zero-order valence-corrected chi connectivity index (χ0v) is 18.7. The van der Waals surface area contributed by atoms with Crippen molar-refractivity contribution in [2.75, 3.05) is 6.54 Å². The van der Waals surface area contributed by atoms with Gasteiger partial charge >= 0.3 is 6.18 Å². The average molecular weight is 463 g/mol. The second kappa shape index (κ2) is 8.93. The normalized spacial score (nSPS) is 13.1. The van der Waals surface area contributed by atoms with E-state index in [1.807, 2.05) is 38.1 Å². The Balaban J connectivity index is 2.35. The molecule has 0 aliphatic heterocycles. The summed E-state index contributed by atoms with van der Waals surface area (Å²) in [5, 5.41) is 13.0. The molecule has 1 atom stereocenters. The molecule has 0 amide bonds. The first-order valence-electron chi connectivity index (χ1n) is 9.55. The highest BCUT2D eigenvalue weighted by Crippen LogP contribution is 2.59. The molecule has 162 valence electrons. The highest BCUT2D eigenvalue weighted by atomic mass is 32.4. The van der Waals surface area contributed by atoms with Gasteiger partial charge in [-0.05, 0) is 36.1 Å². The van der Waals surface area contributed by atoms with Gasteiger partial charge in [0.05, 0.1) is 11.2 Å². The van der Waals surface area contributed by atoms with E-state index in [-0.39, 0.29) is 5.56 Å². The summed E-state index contributed by atoms with van der Waals surface area (Å²) in [5.74, 6) is 0. The summed E-state index contributed by atoms with van der Waals surface area (Å²) in [6.45, 7) is 3.10. The van der Waals surface area contributed by atoms with E-state index in [1.165, 1.54) is 18.2 Å². The Hall–Kier alpha value is -2.50. The minimum absolute atomic E-state index is 0.129. The Bertz CT molecular complexity index is 1080. The molecule has 3 aromatic rings.